The molecule has 92 valence electrons. The van der Waals surface area contributed by atoms with Crippen LogP contribution in [-0.4, -0.2) is 24.7 Å². The lowest BCUT2D eigenvalue weighted by molar-refractivity contribution is -0.145. The van der Waals surface area contributed by atoms with Crippen LogP contribution in [0.5, 0.6) is 5.88 Å². The Morgan fingerprint density at radius 2 is 1.83 bits per heavy atom. The van der Waals surface area contributed by atoms with Crippen LogP contribution in [-0.2, 0) is 6.18 Å². The van der Waals surface area contributed by atoms with Crippen LogP contribution < -0.4 is 0 Å². The van der Waals surface area contributed by atoms with Crippen molar-refractivity contribution < 1.29 is 18.3 Å². The maximum Gasteiger partial charge on any atom is 0.452 e. The van der Waals surface area contributed by atoms with Crippen molar-refractivity contribution in [1.82, 2.24) is 19.6 Å². The summed E-state index contributed by atoms with van der Waals surface area (Å²) in [5.41, 5.74) is 0.0939. The van der Waals surface area contributed by atoms with E-state index in [9.17, 15) is 18.3 Å². The van der Waals surface area contributed by atoms with Gasteiger partial charge in [-0.05, 0) is 12.1 Å². The van der Waals surface area contributed by atoms with Crippen LogP contribution in [0.2, 0.25) is 0 Å². The summed E-state index contributed by atoms with van der Waals surface area (Å²) in [6, 6.07) is 6.13. The quantitative estimate of drug-likeness (QED) is 0.666. The Bertz CT molecular complexity index is 750. The molecule has 0 radical (unpaired) electrons. The zero-order chi connectivity index (χ0) is 12.9. The molecule has 18 heavy (non-hydrogen) atoms. The Hall–Kier alpha value is -2.38. The third-order valence-electron chi connectivity index (χ3n) is 2.47. The fourth-order valence-corrected chi connectivity index (χ4v) is 1.75. The molecule has 0 aliphatic heterocycles. The van der Waals surface area contributed by atoms with Gasteiger partial charge < -0.3 is 5.11 Å². The maximum absolute atomic E-state index is 12.8. The number of alkyl halides is 3. The highest BCUT2D eigenvalue weighted by atomic mass is 19.4. The Kier molecular flexibility index (Phi) is 1.98. The average Bonchev–Trinajstić information content (AvgIpc) is 2.74. The number of nitrogens with zero attached hydrogens (tertiary/aromatic N) is 4. The van der Waals surface area contributed by atoms with E-state index in [1.54, 1.807) is 12.1 Å². The summed E-state index contributed by atoms with van der Waals surface area (Å²) >= 11 is 0. The molecule has 0 saturated carbocycles. The van der Waals surface area contributed by atoms with Crippen LogP contribution in [0.1, 0.15) is 5.82 Å². The van der Waals surface area contributed by atoms with Crippen LogP contribution in [0, 0.1) is 0 Å². The van der Waals surface area contributed by atoms with Crippen LogP contribution in [0.3, 0.4) is 0 Å². The first-order chi connectivity index (χ1) is 8.48. The van der Waals surface area contributed by atoms with Crippen molar-refractivity contribution in [2.75, 3.05) is 0 Å². The lowest BCUT2D eigenvalue weighted by Gasteiger charge is -2.07. The zero-order valence-electron chi connectivity index (χ0n) is 8.68. The zero-order valence-corrected chi connectivity index (χ0v) is 8.68. The number of aromatic hydroxyl groups is 1. The van der Waals surface area contributed by atoms with Crippen molar-refractivity contribution in [1.29, 1.82) is 0 Å². The van der Waals surface area contributed by atoms with Gasteiger partial charge in [-0.25, -0.2) is 4.98 Å². The van der Waals surface area contributed by atoms with Gasteiger partial charge in [-0.1, -0.05) is 12.1 Å². The van der Waals surface area contributed by atoms with E-state index in [2.05, 4.69) is 15.2 Å². The predicted octanol–water partition coefficient (Wildman–Crippen LogP) is 2.00. The number of halogens is 3. The van der Waals surface area contributed by atoms with Gasteiger partial charge in [0.2, 0.25) is 11.5 Å². The molecule has 0 aliphatic rings. The molecule has 0 spiro atoms. The SMILES string of the molecule is Oc1nc2ccccc2n2c(C(F)(F)F)nnc12. The molecule has 3 rings (SSSR count). The first-order valence-corrected chi connectivity index (χ1v) is 4.88. The number of aromatic nitrogens is 4. The smallest absolute Gasteiger partial charge is 0.452 e. The highest BCUT2D eigenvalue weighted by molar-refractivity contribution is 5.79. The van der Waals surface area contributed by atoms with E-state index in [4.69, 9.17) is 0 Å². The molecular formula is C10H5F3N4O. The molecule has 3 aromatic rings. The third-order valence-corrected chi connectivity index (χ3v) is 2.47. The van der Waals surface area contributed by atoms with Crippen molar-refractivity contribution >= 4 is 16.7 Å². The van der Waals surface area contributed by atoms with Crippen molar-refractivity contribution in [3.63, 3.8) is 0 Å². The summed E-state index contributed by atoms with van der Waals surface area (Å²) in [5, 5.41) is 15.9. The molecule has 5 nitrogen and oxygen atoms in total. The van der Waals surface area contributed by atoms with Gasteiger partial charge in [0.05, 0.1) is 11.0 Å². The van der Waals surface area contributed by atoms with Crippen LogP contribution in [0.15, 0.2) is 24.3 Å². The van der Waals surface area contributed by atoms with Gasteiger partial charge in [0.25, 0.3) is 5.88 Å². The molecule has 2 aromatic heterocycles. The topological polar surface area (TPSA) is 63.3 Å². The monoisotopic (exact) mass is 254 g/mol. The van der Waals surface area contributed by atoms with E-state index >= 15 is 0 Å². The van der Waals surface area contributed by atoms with Crippen LogP contribution in [0.4, 0.5) is 13.2 Å². The Morgan fingerprint density at radius 1 is 1.11 bits per heavy atom. The molecular weight excluding hydrogens is 249 g/mol. The van der Waals surface area contributed by atoms with Crippen LogP contribution in [0.25, 0.3) is 16.7 Å². The summed E-state index contributed by atoms with van der Waals surface area (Å²) in [5.74, 6) is -1.77. The number of benzene rings is 1. The summed E-state index contributed by atoms with van der Waals surface area (Å²) in [7, 11) is 0. The first kappa shape index (κ1) is 10.8. The van der Waals surface area contributed by atoms with E-state index in [-0.39, 0.29) is 16.7 Å². The van der Waals surface area contributed by atoms with Crippen molar-refractivity contribution in [3.8, 4) is 5.88 Å². The van der Waals surface area contributed by atoms with E-state index in [1.165, 1.54) is 12.1 Å². The molecule has 0 amide bonds. The number of hydrogen-bond acceptors (Lipinski definition) is 4. The summed E-state index contributed by atoms with van der Waals surface area (Å²) in [6.07, 6.45) is -4.66. The minimum Gasteiger partial charge on any atom is -0.491 e. The highest BCUT2D eigenvalue weighted by Crippen LogP contribution is 2.31. The number of hydrogen-bond donors (Lipinski definition) is 1. The molecule has 0 aliphatic carbocycles. The molecule has 0 atom stereocenters. The van der Waals surface area contributed by atoms with Gasteiger partial charge in [0, 0.05) is 0 Å². The summed E-state index contributed by atoms with van der Waals surface area (Å²) < 4.78 is 39.1. The molecule has 8 heteroatoms. The molecule has 0 unspecified atom stereocenters. The summed E-state index contributed by atoms with van der Waals surface area (Å²) in [6.45, 7) is 0. The normalized spacial score (nSPS) is 12.4. The van der Waals surface area contributed by atoms with Gasteiger partial charge in [-0.3, -0.25) is 4.40 Å². The predicted molar refractivity (Wildman–Crippen MR) is 55.0 cm³/mol. The van der Waals surface area contributed by atoms with Gasteiger partial charge in [-0.15, -0.1) is 10.2 Å². The lowest BCUT2D eigenvalue weighted by atomic mass is 10.3. The minimum absolute atomic E-state index is 0.183. The molecule has 1 N–H and O–H groups in total. The third kappa shape index (κ3) is 1.38. The second-order valence-corrected chi connectivity index (χ2v) is 3.60. The second-order valence-electron chi connectivity index (χ2n) is 3.60. The molecule has 0 bridgehead atoms. The fourth-order valence-electron chi connectivity index (χ4n) is 1.75. The van der Waals surface area contributed by atoms with Gasteiger partial charge in [0.15, 0.2) is 0 Å². The van der Waals surface area contributed by atoms with Gasteiger partial charge >= 0.3 is 6.18 Å². The number of fused-ring (bicyclic) bond motifs is 3. The minimum atomic E-state index is -4.66. The fraction of sp³-hybridized carbons (Fsp3) is 0.100. The largest absolute Gasteiger partial charge is 0.491 e. The second kappa shape index (κ2) is 3.31. The Balaban J connectivity index is 2.56. The van der Waals surface area contributed by atoms with E-state index in [0.29, 0.717) is 0 Å². The van der Waals surface area contributed by atoms with E-state index < -0.39 is 17.9 Å². The Labute approximate surface area is 97.5 Å². The molecule has 1 aromatic carbocycles. The molecule has 2 heterocycles. The molecule has 0 saturated heterocycles. The average molecular weight is 254 g/mol. The van der Waals surface area contributed by atoms with Gasteiger partial charge in [0.1, 0.15) is 0 Å². The first-order valence-electron chi connectivity index (χ1n) is 4.88. The van der Waals surface area contributed by atoms with Gasteiger partial charge in [-0.2, -0.15) is 13.2 Å². The lowest BCUT2D eigenvalue weighted by Crippen LogP contribution is -2.11. The number of rotatable bonds is 0. The van der Waals surface area contributed by atoms with E-state index in [1.807, 2.05) is 0 Å². The summed E-state index contributed by atoms with van der Waals surface area (Å²) in [4.78, 5) is 3.76. The van der Waals surface area contributed by atoms with E-state index in [0.717, 1.165) is 4.40 Å². The number of para-hydroxylation sites is 2. The van der Waals surface area contributed by atoms with Crippen molar-refractivity contribution in [2.24, 2.45) is 0 Å². The highest BCUT2D eigenvalue weighted by Gasteiger charge is 2.38. The Morgan fingerprint density at radius 3 is 2.56 bits per heavy atom. The molecule has 0 fully saturated rings. The standard InChI is InChI=1S/C10H5F3N4O/c11-10(12,13)9-16-15-7-8(18)14-5-3-1-2-4-6(5)17(7)9/h1-4H,(H,14,18). The van der Waals surface area contributed by atoms with Crippen molar-refractivity contribution in [3.05, 3.63) is 30.1 Å². The maximum atomic E-state index is 12.8. The van der Waals surface area contributed by atoms with Crippen LogP contribution >= 0.6 is 0 Å². The van der Waals surface area contributed by atoms with Crippen molar-refractivity contribution in [2.45, 2.75) is 6.18 Å².